The van der Waals surface area contributed by atoms with Crippen LogP contribution >= 0.6 is 11.3 Å². The number of benzene rings is 1. The molecule has 0 saturated heterocycles. The molecule has 0 N–H and O–H groups in total. The van der Waals surface area contributed by atoms with E-state index in [2.05, 4.69) is 16.4 Å². The van der Waals surface area contributed by atoms with E-state index in [4.69, 9.17) is 0 Å². The fourth-order valence-electron chi connectivity index (χ4n) is 2.68. The molecule has 0 aliphatic carbocycles. The van der Waals surface area contributed by atoms with Gasteiger partial charge in [0.2, 0.25) is 0 Å². The first kappa shape index (κ1) is 15.1. The van der Waals surface area contributed by atoms with E-state index < -0.39 is 0 Å². The summed E-state index contributed by atoms with van der Waals surface area (Å²) in [6.07, 6.45) is 3.18. The van der Waals surface area contributed by atoms with Crippen molar-refractivity contribution in [1.29, 1.82) is 0 Å². The Morgan fingerprint density at radius 2 is 2.09 bits per heavy atom. The molecule has 1 aromatic carbocycles. The number of Topliss-reactive ketones (excluding diaryl/α,β-unsaturated/α-hetero) is 1. The predicted molar refractivity (Wildman–Crippen MR) is 88.6 cm³/mol. The molecule has 0 saturated carbocycles. The number of nitrogens with zero attached hydrogens (tertiary/aromatic N) is 1. The lowest BCUT2D eigenvalue weighted by atomic mass is 9.99. The predicted octanol–water partition coefficient (Wildman–Crippen LogP) is 4.38. The van der Waals surface area contributed by atoms with E-state index in [0.717, 1.165) is 36.5 Å². The van der Waals surface area contributed by atoms with Crippen molar-refractivity contribution in [2.45, 2.75) is 19.9 Å². The van der Waals surface area contributed by atoms with Gasteiger partial charge in [-0.1, -0.05) is 18.2 Å². The van der Waals surface area contributed by atoms with E-state index in [1.165, 1.54) is 34.6 Å². The molecule has 0 spiro atoms. The minimum absolute atomic E-state index is 0.133. The quantitative estimate of drug-likeness (QED) is 0.780. The lowest BCUT2D eigenvalue weighted by Crippen LogP contribution is -2.27. The van der Waals surface area contributed by atoms with Gasteiger partial charge in [-0.15, -0.1) is 11.3 Å². The van der Waals surface area contributed by atoms with E-state index >= 15 is 0 Å². The molecule has 2 aromatic rings. The van der Waals surface area contributed by atoms with Crippen molar-refractivity contribution in [1.82, 2.24) is 4.90 Å². The molecule has 3 rings (SSSR count). The summed E-state index contributed by atoms with van der Waals surface area (Å²) in [7, 11) is 0. The van der Waals surface area contributed by atoms with Crippen LogP contribution in [0.25, 0.3) is 5.57 Å². The standard InChI is InChI=1S/C18H18FNOS/c1-13(21)18-10-14(12-22-18)11-20-8-6-16(7-9-20)15-2-4-17(19)5-3-15/h2-6,10,12H,7-9,11H2,1H3. The second kappa shape index (κ2) is 6.55. The third kappa shape index (κ3) is 3.51. The Bertz CT molecular complexity index is 702. The average Bonchev–Trinajstić information content (AvgIpc) is 2.98. The molecule has 1 aliphatic heterocycles. The zero-order valence-corrected chi connectivity index (χ0v) is 13.3. The number of rotatable bonds is 4. The zero-order valence-electron chi connectivity index (χ0n) is 12.5. The Morgan fingerprint density at radius 1 is 1.32 bits per heavy atom. The summed E-state index contributed by atoms with van der Waals surface area (Å²) in [4.78, 5) is 14.5. The van der Waals surface area contributed by atoms with Gasteiger partial charge in [-0.25, -0.2) is 4.39 Å². The molecule has 2 heterocycles. The normalized spacial score (nSPS) is 15.6. The summed E-state index contributed by atoms with van der Waals surface area (Å²) in [6.45, 7) is 4.34. The van der Waals surface area contributed by atoms with E-state index in [0.29, 0.717) is 0 Å². The van der Waals surface area contributed by atoms with Crippen molar-refractivity contribution < 1.29 is 9.18 Å². The van der Waals surface area contributed by atoms with Crippen molar-refractivity contribution >= 4 is 22.7 Å². The highest BCUT2D eigenvalue weighted by atomic mass is 32.1. The summed E-state index contributed by atoms with van der Waals surface area (Å²) in [5, 5.41) is 2.07. The first-order chi connectivity index (χ1) is 10.6. The largest absolute Gasteiger partial charge is 0.295 e. The van der Waals surface area contributed by atoms with Crippen LogP contribution in [0.2, 0.25) is 0 Å². The smallest absolute Gasteiger partial charge is 0.169 e. The van der Waals surface area contributed by atoms with Crippen LogP contribution in [0, 0.1) is 5.82 Å². The fourth-order valence-corrected chi connectivity index (χ4v) is 3.49. The van der Waals surface area contributed by atoms with Gasteiger partial charge in [-0.2, -0.15) is 0 Å². The molecule has 0 atom stereocenters. The molecule has 114 valence electrons. The van der Waals surface area contributed by atoms with Crippen LogP contribution in [0.5, 0.6) is 0 Å². The van der Waals surface area contributed by atoms with Crippen LogP contribution in [0.15, 0.2) is 41.8 Å². The van der Waals surface area contributed by atoms with Crippen LogP contribution in [0.1, 0.15) is 34.1 Å². The summed E-state index contributed by atoms with van der Waals surface area (Å²) < 4.78 is 13.0. The molecule has 0 radical (unpaired) electrons. The number of ketones is 1. The molecular weight excluding hydrogens is 297 g/mol. The second-order valence-corrected chi connectivity index (χ2v) is 6.51. The average molecular weight is 315 g/mol. The molecule has 22 heavy (non-hydrogen) atoms. The summed E-state index contributed by atoms with van der Waals surface area (Å²) in [6, 6.07) is 8.70. The second-order valence-electron chi connectivity index (χ2n) is 5.60. The van der Waals surface area contributed by atoms with Crippen molar-refractivity contribution in [2.24, 2.45) is 0 Å². The van der Waals surface area contributed by atoms with Crippen molar-refractivity contribution in [3.63, 3.8) is 0 Å². The van der Waals surface area contributed by atoms with Gasteiger partial charge < -0.3 is 0 Å². The highest BCUT2D eigenvalue weighted by Crippen LogP contribution is 2.24. The summed E-state index contributed by atoms with van der Waals surface area (Å²) in [5.74, 6) is -0.0612. The van der Waals surface area contributed by atoms with E-state index in [-0.39, 0.29) is 11.6 Å². The summed E-state index contributed by atoms with van der Waals surface area (Å²) >= 11 is 1.52. The van der Waals surface area contributed by atoms with Gasteiger partial charge >= 0.3 is 0 Å². The highest BCUT2D eigenvalue weighted by molar-refractivity contribution is 7.12. The number of hydrogen-bond donors (Lipinski definition) is 0. The molecule has 0 bridgehead atoms. The monoisotopic (exact) mass is 315 g/mol. The maximum atomic E-state index is 13.0. The van der Waals surface area contributed by atoms with Crippen LogP contribution in [0.3, 0.4) is 0 Å². The van der Waals surface area contributed by atoms with Gasteiger partial charge in [0, 0.05) is 19.6 Å². The molecule has 1 aromatic heterocycles. The molecule has 1 aliphatic rings. The maximum Gasteiger partial charge on any atom is 0.169 e. The van der Waals surface area contributed by atoms with Crippen molar-refractivity contribution in [3.8, 4) is 0 Å². The van der Waals surface area contributed by atoms with Gasteiger partial charge in [-0.3, -0.25) is 9.69 Å². The SMILES string of the molecule is CC(=O)c1cc(CN2CC=C(c3ccc(F)cc3)CC2)cs1. The van der Waals surface area contributed by atoms with Crippen LogP contribution < -0.4 is 0 Å². The zero-order chi connectivity index (χ0) is 15.5. The lowest BCUT2D eigenvalue weighted by molar-refractivity contribution is 0.102. The molecule has 2 nitrogen and oxygen atoms in total. The number of carbonyl (C=O) groups excluding carboxylic acids is 1. The van der Waals surface area contributed by atoms with Gasteiger partial charge in [0.25, 0.3) is 0 Å². The van der Waals surface area contributed by atoms with Gasteiger partial charge in [0.05, 0.1) is 4.88 Å². The van der Waals surface area contributed by atoms with Gasteiger partial charge in [0.1, 0.15) is 5.82 Å². The number of thiophene rings is 1. The molecule has 4 heteroatoms. The van der Waals surface area contributed by atoms with Crippen LogP contribution in [-0.2, 0) is 6.54 Å². The molecule has 0 fully saturated rings. The third-order valence-electron chi connectivity index (χ3n) is 3.92. The number of carbonyl (C=O) groups is 1. The highest BCUT2D eigenvalue weighted by Gasteiger charge is 2.14. The maximum absolute atomic E-state index is 13.0. The Kier molecular flexibility index (Phi) is 4.50. The topological polar surface area (TPSA) is 20.3 Å². The van der Waals surface area contributed by atoms with Crippen LogP contribution in [0.4, 0.5) is 4.39 Å². The van der Waals surface area contributed by atoms with E-state index in [1.54, 1.807) is 6.92 Å². The first-order valence-electron chi connectivity index (χ1n) is 7.37. The molecule has 0 unspecified atom stereocenters. The molecular formula is C18H18FNOS. The number of hydrogen-bond acceptors (Lipinski definition) is 3. The molecule has 0 amide bonds. The summed E-state index contributed by atoms with van der Waals surface area (Å²) in [5.41, 5.74) is 3.59. The minimum Gasteiger partial charge on any atom is -0.295 e. The Labute approximate surface area is 133 Å². The Balaban J connectivity index is 1.62. The van der Waals surface area contributed by atoms with Crippen molar-refractivity contribution in [2.75, 3.05) is 13.1 Å². The van der Waals surface area contributed by atoms with E-state index in [9.17, 15) is 9.18 Å². The third-order valence-corrected chi connectivity index (χ3v) is 5.00. The van der Waals surface area contributed by atoms with Gasteiger partial charge in [-0.05, 0) is 53.6 Å². The minimum atomic E-state index is -0.194. The number of halogens is 1. The Hall–Kier alpha value is -1.78. The van der Waals surface area contributed by atoms with E-state index in [1.807, 2.05) is 18.2 Å². The first-order valence-corrected chi connectivity index (χ1v) is 8.25. The van der Waals surface area contributed by atoms with Crippen molar-refractivity contribution in [3.05, 3.63) is 63.6 Å². The fraction of sp³-hybridized carbons (Fsp3) is 0.278. The lowest BCUT2D eigenvalue weighted by Gasteiger charge is -2.26. The Morgan fingerprint density at radius 3 is 2.68 bits per heavy atom. The van der Waals surface area contributed by atoms with Gasteiger partial charge in [0.15, 0.2) is 5.78 Å². The van der Waals surface area contributed by atoms with Crippen LogP contribution in [-0.4, -0.2) is 23.8 Å².